The van der Waals surface area contributed by atoms with Gasteiger partial charge in [-0.3, -0.25) is 0 Å². The van der Waals surface area contributed by atoms with Gasteiger partial charge in [0.05, 0.1) is 22.6 Å². The maximum atomic E-state index is 6.35. The molecule has 19 heavy (non-hydrogen) atoms. The van der Waals surface area contributed by atoms with Gasteiger partial charge in [0.2, 0.25) is 0 Å². The van der Waals surface area contributed by atoms with Crippen LogP contribution in [0, 0.1) is 5.92 Å². The molecule has 4 heteroatoms. The molecule has 1 heterocycles. The summed E-state index contributed by atoms with van der Waals surface area (Å²) in [6.07, 6.45) is 2.49. The zero-order valence-corrected chi connectivity index (χ0v) is 12.2. The summed E-state index contributed by atoms with van der Waals surface area (Å²) in [5.74, 6) is 1.77. The second kappa shape index (κ2) is 5.14. The molecule has 0 radical (unpaired) electrons. The zero-order valence-electron chi connectivity index (χ0n) is 11.5. The van der Waals surface area contributed by atoms with Gasteiger partial charge < -0.3 is 9.88 Å². The van der Waals surface area contributed by atoms with E-state index < -0.39 is 0 Å². The molecule has 0 amide bonds. The summed E-state index contributed by atoms with van der Waals surface area (Å²) in [4.78, 5) is 4.75. The van der Waals surface area contributed by atoms with Gasteiger partial charge >= 0.3 is 0 Å². The van der Waals surface area contributed by atoms with E-state index in [4.69, 9.17) is 16.6 Å². The second-order valence-electron chi connectivity index (χ2n) is 5.76. The van der Waals surface area contributed by atoms with Crippen LogP contribution < -0.4 is 5.32 Å². The van der Waals surface area contributed by atoms with Gasteiger partial charge in [0, 0.05) is 6.04 Å². The van der Waals surface area contributed by atoms with Crippen LogP contribution in [0.3, 0.4) is 0 Å². The van der Waals surface area contributed by atoms with Crippen LogP contribution in [0.2, 0.25) is 5.02 Å². The highest BCUT2D eigenvalue weighted by Gasteiger charge is 2.28. The van der Waals surface area contributed by atoms with Crippen LogP contribution in [-0.4, -0.2) is 16.1 Å². The maximum Gasteiger partial charge on any atom is 0.124 e. The maximum absolute atomic E-state index is 6.35. The van der Waals surface area contributed by atoms with Crippen LogP contribution in [0.15, 0.2) is 18.2 Å². The molecule has 0 unspecified atom stereocenters. The minimum Gasteiger partial charge on any atom is -0.323 e. The highest BCUT2D eigenvalue weighted by Crippen LogP contribution is 2.40. The number of fused-ring (bicyclic) bond motifs is 1. The summed E-state index contributed by atoms with van der Waals surface area (Å²) in [5.41, 5.74) is 2.12. The van der Waals surface area contributed by atoms with E-state index in [1.807, 2.05) is 18.2 Å². The third-order valence-corrected chi connectivity index (χ3v) is 3.79. The minimum absolute atomic E-state index is 0.598. The quantitative estimate of drug-likeness (QED) is 0.902. The number of rotatable bonds is 5. The van der Waals surface area contributed by atoms with Crippen LogP contribution >= 0.6 is 11.6 Å². The van der Waals surface area contributed by atoms with Crippen LogP contribution in [0.25, 0.3) is 11.0 Å². The molecular formula is C15H20ClN3. The van der Waals surface area contributed by atoms with Gasteiger partial charge in [-0.05, 0) is 37.4 Å². The molecule has 3 nitrogen and oxygen atoms in total. The Bertz CT molecular complexity index is 584. The smallest absolute Gasteiger partial charge is 0.124 e. The summed E-state index contributed by atoms with van der Waals surface area (Å²) in [6.45, 7) is 6.27. The first kappa shape index (κ1) is 12.9. The largest absolute Gasteiger partial charge is 0.323 e. The third kappa shape index (κ3) is 2.63. The lowest BCUT2D eigenvalue weighted by Crippen LogP contribution is -2.21. The minimum atomic E-state index is 0.598. The Hall–Kier alpha value is -1.06. The summed E-state index contributed by atoms with van der Waals surface area (Å²) < 4.78 is 2.34. The van der Waals surface area contributed by atoms with Gasteiger partial charge in [-0.1, -0.05) is 31.5 Å². The van der Waals surface area contributed by atoms with E-state index in [-0.39, 0.29) is 0 Å². The Balaban J connectivity index is 1.94. The average molecular weight is 278 g/mol. The third-order valence-electron chi connectivity index (χ3n) is 3.48. The average Bonchev–Trinajstić information content (AvgIpc) is 3.11. The molecule has 0 spiro atoms. The monoisotopic (exact) mass is 277 g/mol. The van der Waals surface area contributed by atoms with Crippen molar-refractivity contribution in [1.29, 1.82) is 0 Å². The second-order valence-corrected chi connectivity index (χ2v) is 6.17. The first-order valence-corrected chi connectivity index (χ1v) is 7.40. The van der Waals surface area contributed by atoms with Crippen LogP contribution in [0.5, 0.6) is 0 Å². The van der Waals surface area contributed by atoms with Crippen molar-refractivity contribution in [3.8, 4) is 0 Å². The van der Waals surface area contributed by atoms with E-state index in [2.05, 4.69) is 23.7 Å². The van der Waals surface area contributed by atoms with Gasteiger partial charge in [0.15, 0.2) is 0 Å². The van der Waals surface area contributed by atoms with E-state index >= 15 is 0 Å². The molecule has 3 rings (SSSR count). The number of hydrogen-bond acceptors (Lipinski definition) is 2. The highest BCUT2D eigenvalue weighted by molar-refractivity contribution is 6.35. The highest BCUT2D eigenvalue weighted by atomic mass is 35.5. The number of imidazole rings is 1. The van der Waals surface area contributed by atoms with Crippen molar-refractivity contribution < 1.29 is 0 Å². The fourth-order valence-corrected chi connectivity index (χ4v) is 2.74. The molecule has 2 aromatic rings. The molecule has 1 aromatic heterocycles. The van der Waals surface area contributed by atoms with E-state index in [0.717, 1.165) is 35.0 Å². The Kier molecular flexibility index (Phi) is 3.50. The number of nitrogens with zero attached hydrogens (tertiary/aromatic N) is 2. The number of aromatic nitrogens is 2. The van der Waals surface area contributed by atoms with Crippen LogP contribution in [-0.2, 0) is 6.54 Å². The number of hydrogen-bond donors (Lipinski definition) is 1. The molecule has 0 atom stereocenters. The van der Waals surface area contributed by atoms with Gasteiger partial charge in [-0.2, -0.15) is 0 Å². The normalized spacial score (nSPS) is 15.6. The summed E-state index contributed by atoms with van der Waals surface area (Å²) in [5, 5.41) is 4.29. The molecular weight excluding hydrogens is 258 g/mol. The van der Waals surface area contributed by atoms with E-state index in [0.29, 0.717) is 12.0 Å². The lowest BCUT2D eigenvalue weighted by atomic mass is 10.2. The van der Waals surface area contributed by atoms with E-state index in [1.54, 1.807) is 0 Å². The molecule has 1 fully saturated rings. The standard InChI is InChI=1S/C15H20ClN3/c1-10(2)8-17-9-14-18-13-5-3-4-12(16)15(13)19(14)11-6-7-11/h3-5,10-11,17H,6-9H2,1-2H3. The number of benzene rings is 1. The molecule has 0 saturated heterocycles. The predicted molar refractivity (Wildman–Crippen MR) is 79.6 cm³/mol. The number of para-hydroxylation sites is 1. The van der Waals surface area contributed by atoms with Crippen LogP contribution in [0.1, 0.15) is 38.6 Å². The van der Waals surface area contributed by atoms with Crippen molar-refractivity contribution in [2.75, 3.05) is 6.54 Å². The number of halogens is 1. The van der Waals surface area contributed by atoms with Crippen molar-refractivity contribution in [3.05, 3.63) is 29.0 Å². The van der Waals surface area contributed by atoms with Crippen molar-refractivity contribution >= 4 is 22.6 Å². The van der Waals surface area contributed by atoms with Gasteiger partial charge in [-0.25, -0.2) is 4.98 Å². The Morgan fingerprint density at radius 1 is 1.42 bits per heavy atom. The Labute approximate surface area is 119 Å². The Morgan fingerprint density at radius 2 is 2.21 bits per heavy atom. The first-order valence-electron chi connectivity index (χ1n) is 7.03. The molecule has 0 bridgehead atoms. The molecule has 0 aliphatic heterocycles. The molecule has 1 aromatic carbocycles. The summed E-state index contributed by atoms with van der Waals surface area (Å²) in [6, 6.07) is 6.57. The molecule has 1 aliphatic rings. The lowest BCUT2D eigenvalue weighted by Gasteiger charge is -2.10. The van der Waals surface area contributed by atoms with Crippen molar-refractivity contribution in [1.82, 2.24) is 14.9 Å². The predicted octanol–water partition coefficient (Wildman–Crippen LogP) is 3.77. The van der Waals surface area contributed by atoms with Gasteiger partial charge in [0.1, 0.15) is 5.82 Å². The summed E-state index contributed by atoms with van der Waals surface area (Å²) >= 11 is 6.35. The van der Waals surface area contributed by atoms with Crippen molar-refractivity contribution in [3.63, 3.8) is 0 Å². The van der Waals surface area contributed by atoms with Gasteiger partial charge in [0.25, 0.3) is 0 Å². The number of nitrogens with one attached hydrogen (secondary N) is 1. The molecule has 1 aliphatic carbocycles. The van der Waals surface area contributed by atoms with Gasteiger partial charge in [-0.15, -0.1) is 0 Å². The van der Waals surface area contributed by atoms with E-state index in [1.165, 1.54) is 12.8 Å². The van der Waals surface area contributed by atoms with E-state index in [9.17, 15) is 0 Å². The fraction of sp³-hybridized carbons (Fsp3) is 0.533. The molecule has 102 valence electrons. The zero-order chi connectivity index (χ0) is 13.4. The first-order chi connectivity index (χ1) is 9.16. The topological polar surface area (TPSA) is 29.9 Å². The lowest BCUT2D eigenvalue weighted by molar-refractivity contribution is 0.531. The van der Waals surface area contributed by atoms with Crippen LogP contribution in [0.4, 0.5) is 0 Å². The van der Waals surface area contributed by atoms with Crippen molar-refractivity contribution in [2.24, 2.45) is 5.92 Å². The summed E-state index contributed by atoms with van der Waals surface area (Å²) in [7, 11) is 0. The van der Waals surface area contributed by atoms with Crippen molar-refractivity contribution in [2.45, 2.75) is 39.3 Å². The Morgan fingerprint density at radius 3 is 2.89 bits per heavy atom. The molecule has 1 saturated carbocycles. The molecule has 1 N–H and O–H groups in total. The SMILES string of the molecule is CC(C)CNCc1nc2cccc(Cl)c2n1C1CC1. The fourth-order valence-electron chi connectivity index (χ4n) is 2.48.